The second-order valence-corrected chi connectivity index (χ2v) is 33.4. The summed E-state index contributed by atoms with van der Waals surface area (Å²) in [5.41, 5.74) is 0. The van der Waals surface area contributed by atoms with Gasteiger partial charge in [0.2, 0.25) is 0 Å². The molecule has 3 unspecified atom stereocenters. The minimum Gasteiger partial charge on any atom is -0.462 e. The van der Waals surface area contributed by atoms with E-state index in [9.17, 15) is 43.2 Å². The molecule has 0 fully saturated rings. The van der Waals surface area contributed by atoms with Crippen LogP contribution in [0.15, 0.2) is 24.3 Å². The number of unbranched alkanes of at least 4 members (excludes halogenated alkanes) is 52. The summed E-state index contributed by atoms with van der Waals surface area (Å²) in [6.07, 6.45) is 74.4. The topological polar surface area (TPSA) is 237 Å². The number of carbonyl (C=O) groups excluding carboxylic acids is 4. The van der Waals surface area contributed by atoms with Gasteiger partial charge in [0.15, 0.2) is 12.2 Å². The van der Waals surface area contributed by atoms with Crippen molar-refractivity contribution in [3.63, 3.8) is 0 Å². The molecular weight excluding hydrogens is 1370 g/mol. The molecule has 0 heterocycles. The highest BCUT2D eigenvalue weighted by atomic mass is 31.2. The average Bonchev–Trinajstić information content (AvgIpc) is 0.922. The Morgan fingerprint density at radius 3 is 0.810 bits per heavy atom. The largest absolute Gasteiger partial charge is 0.472 e. The van der Waals surface area contributed by atoms with Gasteiger partial charge < -0.3 is 33.8 Å². The molecule has 0 aromatic rings. The minimum absolute atomic E-state index is 0.0851. The first kappa shape index (κ1) is 103. The zero-order valence-corrected chi connectivity index (χ0v) is 70.1. The van der Waals surface area contributed by atoms with Crippen LogP contribution in [0.5, 0.6) is 0 Å². The Morgan fingerprint density at radius 1 is 0.305 bits per heavy atom. The van der Waals surface area contributed by atoms with E-state index in [1.807, 2.05) is 0 Å². The van der Waals surface area contributed by atoms with Crippen LogP contribution in [-0.4, -0.2) is 96.7 Å². The minimum atomic E-state index is -4.97. The molecule has 0 saturated heterocycles. The van der Waals surface area contributed by atoms with Crippen LogP contribution < -0.4 is 0 Å². The third-order valence-electron chi connectivity index (χ3n) is 20.0. The molecule has 0 bridgehead atoms. The molecule has 0 aliphatic rings. The number of aliphatic hydroxyl groups excluding tert-OH is 1. The highest BCUT2D eigenvalue weighted by Crippen LogP contribution is 2.45. The SMILES string of the molecule is CCCCCC/C=C\C=C/CCCCCCCC(=O)O[C@H](COC(=O)CCCCCCCCCCC(C)CC)COP(=O)(O)OC[C@H](O)COP(=O)(O)OC[C@@H](COC(=O)CCCCCCCCCCCCCCCCCCC)OC(=O)CCCCCCCCCCCCCCCCCCCCCCC. The molecule has 105 heavy (non-hydrogen) atoms. The van der Waals surface area contributed by atoms with E-state index in [1.165, 1.54) is 250 Å². The molecule has 0 aliphatic heterocycles. The average molecular weight is 1530 g/mol. The molecule has 0 radical (unpaired) electrons. The van der Waals surface area contributed by atoms with Crippen LogP contribution in [0.1, 0.15) is 439 Å². The third-order valence-corrected chi connectivity index (χ3v) is 21.9. The van der Waals surface area contributed by atoms with Crippen LogP contribution in [0.4, 0.5) is 0 Å². The number of hydrogen-bond donors (Lipinski definition) is 3. The Bertz CT molecular complexity index is 2090. The molecule has 17 nitrogen and oxygen atoms in total. The highest BCUT2D eigenvalue weighted by Gasteiger charge is 2.30. The first-order valence-electron chi connectivity index (χ1n) is 44.0. The summed E-state index contributed by atoms with van der Waals surface area (Å²) in [4.78, 5) is 73.2. The number of phosphoric ester groups is 2. The van der Waals surface area contributed by atoms with Crippen molar-refractivity contribution < 1.29 is 80.2 Å². The number of carbonyl (C=O) groups is 4. The lowest BCUT2D eigenvalue weighted by molar-refractivity contribution is -0.161. The number of ether oxygens (including phenoxy) is 4. The predicted octanol–water partition coefficient (Wildman–Crippen LogP) is 25.9. The van der Waals surface area contributed by atoms with Crippen LogP contribution in [0, 0.1) is 5.92 Å². The van der Waals surface area contributed by atoms with Crippen molar-refractivity contribution in [2.24, 2.45) is 5.92 Å². The number of esters is 4. The zero-order chi connectivity index (χ0) is 76.9. The number of rotatable bonds is 84. The first-order chi connectivity index (χ1) is 51.1. The Hall–Kier alpha value is -2.46. The monoisotopic (exact) mass is 1530 g/mol. The summed E-state index contributed by atoms with van der Waals surface area (Å²) in [6, 6.07) is 0. The van der Waals surface area contributed by atoms with Gasteiger partial charge in [-0.1, -0.05) is 386 Å². The van der Waals surface area contributed by atoms with Crippen molar-refractivity contribution in [3.8, 4) is 0 Å². The summed E-state index contributed by atoms with van der Waals surface area (Å²) in [5, 5.41) is 10.7. The summed E-state index contributed by atoms with van der Waals surface area (Å²) >= 11 is 0. The van der Waals surface area contributed by atoms with Crippen LogP contribution in [0.2, 0.25) is 0 Å². The smallest absolute Gasteiger partial charge is 0.462 e. The molecule has 3 N–H and O–H groups in total. The Kier molecular flexibility index (Phi) is 76.4. The van der Waals surface area contributed by atoms with Crippen molar-refractivity contribution in [2.75, 3.05) is 39.6 Å². The van der Waals surface area contributed by atoms with Gasteiger partial charge >= 0.3 is 39.5 Å². The lowest BCUT2D eigenvalue weighted by Gasteiger charge is -2.21. The summed E-state index contributed by atoms with van der Waals surface area (Å²) in [7, 11) is -9.94. The predicted molar refractivity (Wildman–Crippen MR) is 432 cm³/mol. The number of hydrogen-bond acceptors (Lipinski definition) is 15. The maximum absolute atomic E-state index is 13.1. The zero-order valence-electron chi connectivity index (χ0n) is 68.4. The van der Waals surface area contributed by atoms with Crippen LogP contribution in [0.25, 0.3) is 0 Å². The van der Waals surface area contributed by atoms with E-state index in [1.54, 1.807) is 0 Å². The Morgan fingerprint density at radius 2 is 0.533 bits per heavy atom. The molecule has 0 amide bonds. The standard InChI is InChI=1S/C86H164O17P2/c1-6-10-13-16-19-22-25-28-31-33-34-35-36-38-41-44-47-50-57-62-67-72-85(90)102-81(75-96-83(88)69-64-59-54-48-45-42-40-37-32-29-26-23-20-17-14-11-7-2)77-100-104(92,93)98-73-80(87)74-99-105(94,95)101-78-82(76-97-84(89)70-65-60-55-52-51-53-58-63-68-79(5)9-4)103-86(91)71-66-61-56-49-46-43-39-30-27-24-21-18-15-12-8-3/h24,27,30,39,79-82,87H,6-23,25-26,28-29,31-38,40-78H2,1-5H3,(H,92,93)(H,94,95)/b27-24-,39-30-/t79?,80-,81-,82-/m1/s1. The number of allylic oxidation sites excluding steroid dienone is 4. The fourth-order valence-corrected chi connectivity index (χ4v) is 14.5. The van der Waals surface area contributed by atoms with Crippen molar-refractivity contribution in [1.82, 2.24) is 0 Å². The van der Waals surface area contributed by atoms with E-state index < -0.39 is 97.5 Å². The Balaban J connectivity index is 5.28. The van der Waals surface area contributed by atoms with Gasteiger partial charge in [0.05, 0.1) is 26.4 Å². The van der Waals surface area contributed by atoms with E-state index in [0.717, 1.165) is 109 Å². The van der Waals surface area contributed by atoms with E-state index in [2.05, 4.69) is 58.9 Å². The molecular formula is C86H164O17P2. The van der Waals surface area contributed by atoms with Crippen molar-refractivity contribution >= 4 is 39.5 Å². The molecule has 0 aromatic heterocycles. The van der Waals surface area contributed by atoms with Gasteiger partial charge in [0.1, 0.15) is 19.3 Å². The van der Waals surface area contributed by atoms with E-state index in [-0.39, 0.29) is 25.7 Å². The molecule has 0 saturated carbocycles. The maximum Gasteiger partial charge on any atom is 0.472 e. The fraction of sp³-hybridized carbons (Fsp3) is 0.907. The van der Waals surface area contributed by atoms with E-state index >= 15 is 0 Å². The summed E-state index contributed by atoms with van der Waals surface area (Å²) in [5.74, 6) is -1.36. The molecule has 0 aromatic carbocycles. The van der Waals surface area contributed by atoms with Gasteiger partial charge in [0.25, 0.3) is 0 Å². The van der Waals surface area contributed by atoms with Crippen molar-refractivity contribution in [3.05, 3.63) is 24.3 Å². The third kappa shape index (κ3) is 78.0. The van der Waals surface area contributed by atoms with E-state index in [4.69, 9.17) is 37.0 Å². The normalized spacial score (nSPS) is 14.2. The lowest BCUT2D eigenvalue weighted by atomic mass is 9.99. The molecule has 6 atom stereocenters. The van der Waals surface area contributed by atoms with Gasteiger partial charge in [-0.2, -0.15) is 0 Å². The molecule has 0 spiro atoms. The molecule has 0 rings (SSSR count). The summed E-state index contributed by atoms with van der Waals surface area (Å²) in [6.45, 7) is 7.29. The molecule has 19 heteroatoms. The van der Waals surface area contributed by atoms with Gasteiger partial charge in [-0.15, -0.1) is 0 Å². The maximum atomic E-state index is 13.1. The van der Waals surface area contributed by atoms with Crippen molar-refractivity contribution in [2.45, 2.75) is 457 Å². The quantitative estimate of drug-likeness (QED) is 0.0169. The second-order valence-electron chi connectivity index (χ2n) is 30.5. The van der Waals surface area contributed by atoms with Crippen LogP contribution in [-0.2, 0) is 65.4 Å². The number of aliphatic hydroxyl groups is 1. The highest BCUT2D eigenvalue weighted by molar-refractivity contribution is 7.47. The van der Waals surface area contributed by atoms with Gasteiger partial charge in [0, 0.05) is 25.7 Å². The fourth-order valence-electron chi connectivity index (χ4n) is 12.9. The van der Waals surface area contributed by atoms with E-state index in [0.29, 0.717) is 25.7 Å². The van der Waals surface area contributed by atoms with Gasteiger partial charge in [-0.25, -0.2) is 9.13 Å². The summed E-state index contributed by atoms with van der Waals surface area (Å²) < 4.78 is 68.9. The van der Waals surface area contributed by atoms with Gasteiger partial charge in [-0.05, 0) is 57.3 Å². The Labute approximate surface area is 643 Å². The lowest BCUT2D eigenvalue weighted by Crippen LogP contribution is -2.30. The van der Waals surface area contributed by atoms with Crippen molar-refractivity contribution in [1.29, 1.82) is 0 Å². The van der Waals surface area contributed by atoms with Crippen LogP contribution >= 0.6 is 15.6 Å². The van der Waals surface area contributed by atoms with Gasteiger partial charge in [-0.3, -0.25) is 37.3 Å². The molecule has 620 valence electrons. The molecule has 0 aliphatic carbocycles. The number of phosphoric acid groups is 2. The second kappa shape index (κ2) is 78.2. The van der Waals surface area contributed by atoms with Crippen LogP contribution in [0.3, 0.4) is 0 Å². The first-order valence-corrected chi connectivity index (χ1v) is 47.0.